The van der Waals surface area contributed by atoms with Crippen molar-refractivity contribution in [2.45, 2.75) is 32.4 Å². The van der Waals surface area contributed by atoms with E-state index in [9.17, 15) is 15.2 Å². The third kappa shape index (κ3) is 3.57. The van der Waals surface area contributed by atoms with E-state index < -0.39 is 12.1 Å². The normalized spacial score (nSPS) is 19.4. The maximum atomic E-state index is 13.4. The molecule has 0 radical (unpaired) electrons. The Morgan fingerprint density at radius 2 is 2.06 bits per heavy atom. The van der Waals surface area contributed by atoms with Gasteiger partial charge in [-0.15, -0.1) is 0 Å². The number of oxime groups is 1. The van der Waals surface area contributed by atoms with Gasteiger partial charge in [0.25, 0.3) is 5.91 Å². The number of benzene rings is 2. The molecule has 2 aromatic rings. The number of nitriles is 1. The highest BCUT2D eigenvalue weighted by Gasteiger charge is 2.39. The van der Waals surface area contributed by atoms with Crippen LogP contribution in [-0.2, 0) is 4.84 Å². The van der Waals surface area contributed by atoms with Gasteiger partial charge in [0.2, 0.25) is 6.79 Å². The summed E-state index contributed by atoms with van der Waals surface area (Å²) in [6, 6.07) is 10.8. The van der Waals surface area contributed by atoms with Gasteiger partial charge in [-0.3, -0.25) is 4.79 Å². The highest BCUT2D eigenvalue weighted by Crippen LogP contribution is 2.45. The number of carbonyl (C=O) groups is 1. The fraction of sp³-hybridized carbons (Fsp3) is 0.348. The molecule has 0 spiro atoms. The third-order valence-electron chi connectivity index (χ3n) is 5.73. The van der Waals surface area contributed by atoms with E-state index in [1.165, 1.54) is 7.11 Å². The van der Waals surface area contributed by atoms with Crippen LogP contribution in [0.25, 0.3) is 11.1 Å². The molecule has 8 heteroatoms. The number of rotatable bonds is 4. The Kier molecular flexibility index (Phi) is 5.53. The average Bonchev–Trinajstić information content (AvgIpc) is 3.41. The molecule has 0 bridgehead atoms. The van der Waals surface area contributed by atoms with Crippen LogP contribution in [0, 0.1) is 18.3 Å². The fourth-order valence-corrected chi connectivity index (χ4v) is 4.16. The number of aliphatic hydroxyl groups excluding tert-OH is 1. The second-order valence-corrected chi connectivity index (χ2v) is 7.60. The predicted molar refractivity (Wildman–Crippen MR) is 113 cm³/mol. The molecule has 0 saturated carbocycles. The summed E-state index contributed by atoms with van der Waals surface area (Å²) in [5.74, 6) is 0.566. The van der Waals surface area contributed by atoms with Gasteiger partial charge < -0.3 is 24.3 Å². The Hall–Kier alpha value is -3.57. The van der Waals surface area contributed by atoms with Crippen LogP contribution in [0.2, 0.25) is 0 Å². The minimum atomic E-state index is -0.727. The van der Waals surface area contributed by atoms with Crippen LogP contribution in [0.5, 0.6) is 11.5 Å². The van der Waals surface area contributed by atoms with E-state index in [-0.39, 0.29) is 19.2 Å². The third-order valence-corrected chi connectivity index (χ3v) is 5.73. The van der Waals surface area contributed by atoms with Gasteiger partial charge in [0.05, 0.1) is 41.6 Å². The molecule has 1 fully saturated rings. The number of fused-ring (bicyclic) bond motifs is 1. The minimum absolute atomic E-state index is 0.000169. The van der Waals surface area contributed by atoms with E-state index in [2.05, 4.69) is 11.2 Å². The number of nitrogens with zero attached hydrogens (tertiary/aromatic N) is 3. The van der Waals surface area contributed by atoms with E-state index in [0.29, 0.717) is 34.8 Å². The smallest absolute Gasteiger partial charge is 0.258 e. The molecule has 1 N–H and O–H groups in total. The quantitative estimate of drug-likeness (QED) is 0.762. The molecule has 1 amide bonds. The van der Waals surface area contributed by atoms with Crippen molar-refractivity contribution >= 4 is 11.6 Å². The molecule has 2 atom stereocenters. The van der Waals surface area contributed by atoms with Crippen LogP contribution in [0.3, 0.4) is 0 Å². The van der Waals surface area contributed by atoms with Gasteiger partial charge in [-0.1, -0.05) is 17.3 Å². The second-order valence-electron chi connectivity index (χ2n) is 7.60. The molecule has 8 nitrogen and oxygen atoms in total. The molecule has 2 aliphatic rings. The lowest BCUT2D eigenvalue weighted by atomic mass is 9.94. The summed E-state index contributed by atoms with van der Waals surface area (Å²) in [5.41, 5.74) is 4.06. The summed E-state index contributed by atoms with van der Waals surface area (Å²) < 4.78 is 11.4. The van der Waals surface area contributed by atoms with Crippen molar-refractivity contribution < 1.29 is 24.2 Å². The SMILES string of the molecule is CO/N=C1/C[C@@H]([C@H](C)O)N(C(=O)c2ccc(-c3cccc(C#N)c3C)c3c2OCO3)C1. The van der Waals surface area contributed by atoms with Crippen LogP contribution in [0.15, 0.2) is 35.5 Å². The van der Waals surface area contributed by atoms with Crippen molar-refractivity contribution in [2.75, 3.05) is 20.4 Å². The molecule has 0 unspecified atom stereocenters. The van der Waals surface area contributed by atoms with Crippen LogP contribution in [0.1, 0.15) is 34.8 Å². The molecule has 160 valence electrons. The number of amides is 1. The van der Waals surface area contributed by atoms with Crippen LogP contribution in [0.4, 0.5) is 0 Å². The first-order valence-electron chi connectivity index (χ1n) is 9.96. The Bertz CT molecular complexity index is 1100. The first kappa shape index (κ1) is 20.7. The van der Waals surface area contributed by atoms with Gasteiger partial charge in [-0.05, 0) is 43.2 Å². The number of carbonyl (C=O) groups excluding carboxylic acids is 1. The van der Waals surface area contributed by atoms with Crippen LogP contribution >= 0.6 is 0 Å². The van der Waals surface area contributed by atoms with Crippen molar-refractivity contribution in [3.63, 3.8) is 0 Å². The molecule has 0 aromatic heterocycles. The lowest BCUT2D eigenvalue weighted by Crippen LogP contribution is -2.41. The zero-order valence-electron chi connectivity index (χ0n) is 17.6. The van der Waals surface area contributed by atoms with Gasteiger partial charge >= 0.3 is 0 Å². The lowest BCUT2D eigenvalue weighted by molar-refractivity contribution is 0.0534. The molecular formula is C23H23N3O5. The maximum Gasteiger partial charge on any atom is 0.258 e. The molecule has 1 saturated heterocycles. The van der Waals surface area contributed by atoms with Crippen molar-refractivity contribution in [2.24, 2.45) is 5.16 Å². The Morgan fingerprint density at radius 1 is 1.29 bits per heavy atom. The largest absolute Gasteiger partial charge is 0.453 e. The number of likely N-dealkylation sites (tertiary alicyclic amines) is 1. The predicted octanol–water partition coefficient (Wildman–Crippen LogP) is 2.86. The van der Waals surface area contributed by atoms with Gasteiger partial charge in [0.1, 0.15) is 7.11 Å². The molecular weight excluding hydrogens is 398 g/mol. The van der Waals surface area contributed by atoms with Crippen molar-refractivity contribution in [1.29, 1.82) is 5.26 Å². The van der Waals surface area contributed by atoms with Crippen LogP contribution < -0.4 is 9.47 Å². The van der Waals surface area contributed by atoms with Gasteiger partial charge in [0.15, 0.2) is 11.5 Å². The maximum absolute atomic E-state index is 13.4. The zero-order chi connectivity index (χ0) is 22.1. The average molecular weight is 421 g/mol. The topological polar surface area (TPSA) is 104 Å². The molecule has 2 aromatic carbocycles. The van der Waals surface area contributed by atoms with E-state index in [4.69, 9.17) is 14.3 Å². The fourth-order valence-electron chi connectivity index (χ4n) is 4.16. The Labute approximate surface area is 180 Å². The monoisotopic (exact) mass is 421 g/mol. The van der Waals surface area contributed by atoms with E-state index in [1.54, 1.807) is 24.0 Å². The van der Waals surface area contributed by atoms with Gasteiger partial charge in [0, 0.05) is 12.0 Å². The minimum Gasteiger partial charge on any atom is -0.453 e. The molecule has 2 aliphatic heterocycles. The first-order valence-corrected chi connectivity index (χ1v) is 9.96. The lowest BCUT2D eigenvalue weighted by Gasteiger charge is -2.26. The Balaban J connectivity index is 1.75. The molecule has 0 aliphatic carbocycles. The summed E-state index contributed by atoms with van der Waals surface area (Å²) in [4.78, 5) is 19.9. The number of hydrogen-bond acceptors (Lipinski definition) is 7. The van der Waals surface area contributed by atoms with Gasteiger partial charge in [-0.2, -0.15) is 5.26 Å². The second kappa shape index (κ2) is 8.28. The summed E-state index contributed by atoms with van der Waals surface area (Å²) >= 11 is 0. The first-order chi connectivity index (χ1) is 15.0. The van der Waals surface area contributed by atoms with E-state index >= 15 is 0 Å². The van der Waals surface area contributed by atoms with Gasteiger partial charge in [-0.25, -0.2) is 0 Å². The summed E-state index contributed by atoms with van der Waals surface area (Å²) in [5, 5.41) is 23.5. The van der Waals surface area contributed by atoms with E-state index in [1.807, 2.05) is 25.1 Å². The standard InChI is InChI=1S/C23H23N3O5/c1-13-15(10-24)5-4-6-17(13)18-7-8-19(22-21(18)30-12-31-22)23(28)26-11-16(25-29-3)9-20(26)14(2)27/h4-8,14,20,27H,9,11-12H2,1-3H3/b25-16-/t14-,20-/m0/s1. The zero-order valence-corrected chi connectivity index (χ0v) is 17.6. The van der Waals surface area contributed by atoms with Crippen molar-refractivity contribution in [1.82, 2.24) is 4.90 Å². The van der Waals surface area contributed by atoms with Crippen molar-refractivity contribution in [3.8, 4) is 28.7 Å². The summed E-state index contributed by atoms with van der Waals surface area (Å²) in [6.07, 6.45) is -0.288. The Morgan fingerprint density at radius 3 is 2.77 bits per heavy atom. The number of aliphatic hydroxyl groups is 1. The highest BCUT2D eigenvalue weighted by atomic mass is 16.7. The number of hydrogen-bond donors (Lipinski definition) is 1. The van der Waals surface area contributed by atoms with Crippen LogP contribution in [-0.4, -0.2) is 54.2 Å². The highest BCUT2D eigenvalue weighted by molar-refractivity contribution is 6.03. The van der Waals surface area contributed by atoms with Crippen molar-refractivity contribution in [3.05, 3.63) is 47.0 Å². The molecule has 4 rings (SSSR count). The summed E-state index contributed by atoms with van der Waals surface area (Å²) in [6.45, 7) is 3.80. The van der Waals surface area contributed by atoms with E-state index in [0.717, 1.165) is 16.7 Å². The number of ether oxygens (including phenoxy) is 2. The molecule has 2 heterocycles. The molecule has 31 heavy (non-hydrogen) atoms. The summed E-state index contributed by atoms with van der Waals surface area (Å²) in [7, 11) is 1.45.